The van der Waals surface area contributed by atoms with E-state index in [0.717, 1.165) is 67.2 Å². The minimum absolute atomic E-state index is 0.0895. The third-order valence-corrected chi connectivity index (χ3v) is 7.23. The number of carbonyl (C=O) groups excluding carboxylic acids is 1. The predicted molar refractivity (Wildman–Crippen MR) is 162 cm³/mol. The van der Waals surface area contributed by atoms with Gasteiger partial charge in [0.2, 0.25) is 5.43 Å². The second-order valence-electron chi connectivity index (χ2n) is 9.98. The molecule has 0 atom stereocenters. The number of pyridine rings is 2. The molecule has 2 heterocycles. The van der Waals surface area contributed by atoms with Gasteiger partial charge in [0.25, 0.3) is 5.91 Å². The Morgan fingerprint density at radius 1 is 0.950 bits per heavy atom. The van der Waals surface area contributed by atoms with Gasteiger partial charge in [0, 0.05) is 54.2 Å². The highest BCUT2D eigenvalue weighted by molar-refractivity contribution is 6.31. The summed E-state index contributed by atoms with van der Waals surface area (Å²) >= 11 is 6.08. The highest BCUT2D eigenvalue weighted by Crippen LogP contribution is 2.24. The quantitative estimate of drug-likeness (QED) is 0.168. The number of carbonyl (C=O) groups is 1. The molecule has 210 valence electrons. The maximum absolute atomic E-state index is 13.1. The summed E-state index contributed by atoms with van der Waals surface area (Å²) in [6.45, 7) is 3.49. The molecule has 0 spiro atoms. The van der Waals surface area contributed by atoms with Crippen molar-refractivity contribution in [2.24, 2.45) is 7.05 Å². The third-order valence-electron chi connectivity index (χ3n) is 6.99. The normalized spacial score (nSPS) is 11.0. The van der Waals surface area contributed by atoms with Gasteiger partial charge in [0.15, 0.2) is 11.4 Å². The molecule has 0 aliphatic carbocycles. The van der Waals surface area contributed by atoms with Crippen LogP contribution >= 0.6 is 11.6 Å². The van der Waals surface area contributed by atoms with Crippen LogP contribution in [0.1, 0.15) is 60.3 Å². The number of aryl methyl sites for hydroxylation is 1. The lowest BCUT2D eigenvalue weighted by atomic mass is 10.1. The van der Waals surface area contributed by atoms with E-state index in [2.05, 4.69) is 15.6 Å². The van der Waals surface area contributed by atoms with Gasteiger partial charge in [-0.2, -0.15) is 0 Å². The molecule has 7 nitrogen and oxygen atoms in total. The van der Waals surface area contributed by atoms with E-state index in [4.69, 9.17) is 16.3 Å². The van der Waals surface area contributed by atoms with Crippen LogP contribution in [0.5, 0.6) is 5.75 Å². The SMILES string of the molecule is Cc1cc(=O)c(OCc2ccccc2)c(C(=O)NCCCCCCCCNc2ccnc3cc(Cl)ccc23)n1C. The summed E-state index contributed by atoms with van der Waals surface area (Å²) in [5.41, 5.74) is 3.59. The summed E-state index contributed by atoms with van der Waals surface area (Å²) in [7, 11) is 1.78. The molecule has 0 bridgehead atoms. The summed E-state index contributed by atoms with van der Waals surface area (Å²) in [6, 6.07) is 18.9. The number of anilines is 1. The van der Waals surface area contributed by atoms with Crippen molar-refractivity contribution >= 4 is 34.1 Å². The fourth-order valence-corrected chi connectivity index (χ4v) is 4.83. The molecule has 2 aromatic carbocycles. The van der Waals surface area contributed by atoms with E-state index >= 15 is 0 Å². The van der Waals surface area contributed by atoms with Gasteiger partial charge in [-0.25, -0.2) is 0 Å². The zero-order valence-corrected chi connectivity index (χ0v) is 24.0. The summed E-state index contributed by atoms with van der Waals surface area (Å²) in [6.07, 6.45) is 8.20. The average Bonchev–Trinajstić information content (AvgIpc) is 2.95. The lowest BCUT2D eigenvalue weighted by Crippen LogP contribution is -2.30. The van der Waals surface area contributed by atoms with Crippen LogP contribution in [0.15, 0.2) is 71.7 Å². The molecule has 0 saturated carbocycles. The van der Waals surface area contributed by atoms with E-state index in [1.54, 1.807) is 17.8 Å². The topological polar surface area (TPSA) is 85.2 Å². The molecule has 0 aliphatic rings. The fourth-order valence-electron chi connectivity index (χ4n) is 4.66. The predicted octanol–water partition coefficient (Wildman–Crippen LogP) is 6.66. The first-order valence-electron chi connectivity index (χ1n) is 13.9. The summed E-state index contributed by atoms with van der Waals surface area (Å²) in [5.74, 6) is -0.199. The summed E-state index contributed by atoms with van der Waals surface area (Å²) in [5, 5.41) is 8.26. The van der Waals surface area contributed by atoms with Crippen molar-refractivity contribution in [1.82, 2.24) is 14.9 Å². The second kappa shape index (κ2) is 14.5. The first-order chi connectivity index (χ1) is 19.4. The average molecular weight is 561 g/mol. The van der Waals surface area contributed by atoms with Crippen LogP contribution in [-0.2, 0) is 13.7 Å². The van der Waals surface area contributed by atoms with Crippen molar-refractivity contribution in [3.05, 3.63) is 99.1 Å². The molecule has 2 aromatic heterocycles. The molecule has 4 aromatic rings. The molecule has 2 N–H and O–H groups in total. The van der Waals surface area contributed by atoms with Gasteiger partial charge in [-0.3, -0.25) is 14.6 Å². The number of benzene rings is 2. The smallest absolute Gasteiger partial charge is 0.271 e. The van der Waals surface area contributed by atoms with Gasteiger partial charge >= 0.3 is 0 Å². The van der Waals surface area contributed by atoms with E-state index in [1.807, 2.05) is 61.5 Å². The van der Waals surface area contributed by atoms with Crippen LogP contribution in [0, 0.1) is 6.92 Å². The number of rotatable bonds is 14. The molecule has 8 heteroatoms. The van der Waals surface area contributed by atoms with Crippen LogP contribution in [-0.4, -0.2) is 28.5 Å². The molecule has 40 heavy (non-hydrogen) atoms. The van der Waals surface area contributed by atoms with Crippen molar-refractivity contribution in [2.45, 2.75) is 52.1 Å². The van der Waals surface area contributed by atoms with Crippen molar-refractivity contribution in [1.29, 1.82) is 0 Å². The number of fused-ring (bicyclic) bond motifs is 1. The molecule has 0 saturated heterocycles. The van der Waals surface area contributed by atoms with Crippen LogP contribution in [0.25, 0.3) is 10.9 Å². The molecule has 1 amide bonds. The van der Waals surface area contributed by atoms with Gasteiger partial charge in [-0.15, -0.1) is 0 Å². The lowest BCUT2D eigenvalue weighted by molar-refractivity contribution is 0.0937. The highest BCUT2D eigenvalue weighted by Gasteiger charge is 2.20. The Bertz CT molecular complexity index is 1490. The molecule has 0 aliphatic heterocycles. The van der Waals surface area contributed by atoms with E-state index in [0.29, 0.717) is 17.3 Å². The Kier molecular flexibility index (Phi) is 10.6. The Hall–Kier alpha value is -3.84. The second-order valence-corrected chi connectivity index (χ2v) is 10.4. The Morgan fingerprint density at radius 2 is 1.68 bits per heavy atom. The molecule has 0 radical (unpaired) electrons. The first kappa shape index (κ1) is 29.2. The van der Waals surface area contributed by atoms with E-state index in [1.165, 1.54) is 6.07 Å². The zero-order chi connectivity index (χ0) is 28.3. The molecule has 4 rings (SSSR count). The van der Waals surface area contributed by atoms with Crippen molar-refractivity contribution < 1.29 is 9.53 Å². The molecular weight excluding hydrogens is 524 g/mol. The number of ether oxygens (including phenoxy) is 1. The number of nitrogens with one attached hydrogen (secondary N) is 2. The monoisotopic (exact) mass is 560 g/mol. The van der Waals surface area contributed by atoms with Gasteiger partial charge in [0.05, 0.1) is 5.52 Å². The number of halogens is 1. The van der Waals surface area contributed by atoms with Crippen molar-refractivity contribution in [3.63, 3.8) is 0 Å². The Morgan fingerprint density at radius 3 is 2.45 bits per heavy atom. The largest absolute Gasteiger partial charge is 0.483 e. The van der Waals surface area contributed by atoms with E-state index in [-0.39, 0.29) is 29.4 Å². The maximum atomic E-state index is 13.1. The van der Waals surface area contributed by atoms with Gasteiger partial charge in [-0.1, -0.05) is 67.6 Å². The Labute approximate surface area is 240 Å². The zero-order valence-electron chi connectivity index (χ0n) is 23.2. The minimum atomic E-state index is -0.289. The van der Waals surface area contributed by atoms with Gasteiger partial charge < -0.3 is 19.9 Å². The third kappa shape index (κ3) is 7.85. The van der Waals surface area contributed by atoms with Gasteiger partial charge in [-0.05, 0) is 49.6 Å². The summed E-state index contributed by atoms with van der Waals surface area (Å²) in [4.78, 5) is 30.1. The number of unbranched alkanes of at least 4 members (excludes halogenated alkanes) is 5. The number of amides is 1. The molecule has 0 fully saturated rings. The Balaban J connectivity index is 1.16. The number of hydrogen-bond donors (Lipinski definition) is 2. The number of aromatic nitrogens is 2. The van der Waals surface area contributed by atoms with Crippen LogP contribution < -0.4 is 20.8 Å². The standard InChI is InChI=1S/C32H37ClN4O3/c1-23-20-29(38)31(40-22-24-12-8-7-9-13-24)30(37(23)2)32(39)36-18-11-6-4-3-5-10-17-34-27-16-19-35-28-21-25(33)14-15-26(27)28/h7-9,12-16,19-21H,3-6,10-11,17-18,22H2,1-2H3,(H,34,35)(H,36,39). The van der Waals surface area contributed by atoms with Crippen LogP contribution in [0.4, 0.5) is 5.69 Å². The number of hydrogen-bond acceptors (Lipinski definition) is 5. The van der Waals surface area contributed by atoms with Crippen LogP contribution in [0.3, 0.4) is 0 Å². The minimum Gasteiger partial charge on any atom is -0.483 e. The highest BCUT2D eigenvalue weighted by atomic mass is 35.5. The molecular formula is C32H37ClN4O3. The maximum Gasteiger partial charge on any atom is 0.271 e. The van der Waals surface area contributed by atoms with Crippen molar-refractivity contribution in [2.75, 3.05) is 18.4 Å². The molecule has 0 unspecified atom stereocenters. The van der Waals surface area contributed by atoms with E-state index in [9.17, 15) is 9.59 Å². The fraction of sp³-hybridized carbons (Fsp3) is 0.344. The van der Waals surface area contributed by atoms with Crippen molar-refractivity contribution in [3.8, 4) is 5.75 Å². The van der Waals surface area contributed by atoms with E-state index < -0.39 is 0 Å². The summed E-state index contributed by atoms with van der Waals surface area (Å²) < 4.78 is 7.57. The lowest BCUT2D eigenvalue weighted by Gasteiger charge is -2.17. The first-order valence-corrected chi connectivity index (χ1v) is 14.3. The number of nitrogens with zero attached hydrogens (tertiary/aromatic N) is 2. The van der Waals surface area contributed by atoms with Crippen LogP contribution in [0.2, 0.25) is 5.02 Å². The van der Waals surface area contributed by atoms with Gasteiger partial charge in [0.1, 0.15) is 6.61 Å².